The molecule has 0 bridgehead atoms. The molecule has 2 rings (SSSR count). The van der Waals surface area contributed by atoms with Crippen molar-refractivity contribution in [3.8, 4) is 11.5 Å². The van der Waals surface area contributed by atoms with Crippen molar-refractivity contribution < 1.29 is 14.3 Å². The van der Waals surface area contributed by atoms with Crippen molar-refractivity contribution in [2.45, 2.75) is 13.8 Å². The van der Waals surface area contributed by atoms with Crippen LogP contribution in [0.3, 0.4) is 0 Å². The monoisotopic (exact) mass is 319 g/mol. The molecule has 1 aromatic carbocycles. The van der Waals surface area contributed by atoms with Crippen LogP contribution in [0, 0.1) is 0 Å². The van der Waals surface area contributed by atoms with Gasteiger partial charge in [0.15, 0.2) is 0 Å². The summed E-state index contributed by atoms with van der Waals surface area (Å²) < 4.78 is 11.6. The quantitative estimate of drug-likeness (QED) is 0.933. The zero-order valence-electron chi connectivity index (χ0n) is 13.9. The van der Waals surface area contributed by atoms with Crippen LogP contribution < -0.4 is 20.5 Å². The summed E-state index contributed by atoms with van der Waals surface area (Å²) in [6.07, 6.45) is 1.52. The molecular weight excluding hydrogens is 298 g/mol. The van der Waals surface area contributed by atoms with Crippen molar-refractivity contribution in [2.75, 3.05) is 19.5 Å². The van der Waals surface area contributed by atoms with E-state index in [9.17, 15) is 9.59 Å². The van der Waals surface area contributed by atoms with Gasteiger partial charge in [0.25, 0.3) is 5.91 Å². The lowest BCUT2D eigenvalue weighted by atomic mass is 10.1. The van der Waals surface area contributed by atoms with Crippen LogP contribution in [0.2, 0.25) is 0 Å². The second-order valence-electron chi connectivity index (χ2n) is 4.20. The van der Waals surface area contributed by atoms with Crippen LogP contribution >= 0.6 is 0 Å². The summed E-state index contributed by atoms with van der Waals surface area (Å²) in [5.74, 6) is 0.437. The SMILES string of the molecule is CC.COc1cccc(OC)c1C(=O)Nc1ccn(C)c(=O)n1. The maximum absolute atomic E-state index is 12.3. The van der Waals surface area contributed by atoms with E-state index >= 15 is 0 Å². The summed E-state index contributed by atoms with van der Waals surface area (Å²) >= 11 is 0. The number of anilines is 1. The molecule has 0 saturated heterocycles. The molecule has 1 N–H and O–H groups in total. The number of hydrogen-bond acceptors (Lipinski definition) is 5. The molecule has 0 atom stereocenters. The third kappa shape index (κ3) is 4.32. The van der Waals surface area contributed by atoms with Gasteiger partial charge in [0, 0.05) is 13.2 Å². The predicted molar refractivity (Wildman–Crippen MR) is 88.3 cm³/mol. The summed E-state index contributed by atoms with van der Waals surface area (Å²) in [4.78, 5) is 27.5. The Hall–Kier alpha value is -2.83. The van der Waals surface area contributed by atoms with E-state index in [1.54, 1.807) is 25.2 Å². The summed E-state index contributed by atoms with van der Waals surface area (Å²) in [7, 11) is 4.49. The molecule has 1 heterocycles. The Morgan fingerprint density at radius 3 is 2.17 bits per heavy atom. The van der Waals surface area contributed by atoms with Gasteiger partial charge in [-0.05, 0) is 18.2 Å². The van der Waals surface area contributed by atoms with Crippen LogP contribution in [0.5, 0.6) is 11.5 Å². The second kappa shape index (κ2) is 8.57. The van der Waals surface area contributed by atoms with Gasteiger partial charge in [0.1, 0.15) is 22.9 Å². The van der Waals surface area contributed by atoms with Gasteiger partial charge < -0.3 is 19.4 Å². The van der Waals surface area contributed by atoms with Crippen LogP contribution in [0.1, 0.15) is 24.2 Å². The van der Waals surface area contributed by atoms with E-state index in [1.165, 1.54) is 31.0 Å². The number of nitrogens with zero attached hydrogens (tertiary/aromatic N) is 2. The van der Waals surface area contributed by atoms with Crippen LogP contribution in [-0.2, 0) is 7.05 Å². The van der Waals surface area contributed by atoms with E-state index in [1.807, 2.05) is 13.8 Å². The molecule has 1 amide bonds. The van der Waals surface area contributed by atoms with E-state index < -0.39 is 11.6 Å². The lowest BCUT2D eigenvalue weighted by molar-refractivity contribution is 0.102. The molecular formula is C16H21N3O4. The molecule has 0 aliphatic heterocycles. The normalized spacial score (nSPS) is 9.43. The maximum Gasteiger partial charge on any atom is 0.349 e. The van der Waals surface area contributed by atoms with Crippen LogP contribution in [0.4, 0.5) is 5.82 Å². The lowest BCUT2D eigenvalue weighted by Crippen LogP contribution is -2.23. The van der Waals surface area contributed by atoms with Crippen molar-refractivity contribution in [3.05, 3.63) is 46.5 Å². The number of ether oxygens (including phenoxy) is 2. The first kappa shape index (κ1) is 18.2. The zero-order valence-corrected chi connectivity index (χ0v) is 13.9. The number of aromatic nitrogens is 2. The van der Waals surface area contributed by atoms with Gasteiger partial charge in [-0.2, -0.15) is 4.98 Å². The van der Waals surface area contributed by atoms with Gasteiger partial charge >= 0.3 is 5.69 Å². The average Bonchev–Trinajstić information content (AvgIpc) is 2.59. The predicted octanol–water partition coefficient (Wildman–Crippen LogP) is 2.08. The van der Waals surface area contributed by atoms with Crippen molar-refractivity contribution >= 4 is 11.7 Å². The van der Waals surface area contributed by atoms with E-state index in [0.29, 0.717) is 11.5 Å². The Morgan fingerprint density at radius 2 is 1.70 bits per heavy atom. The van der Waals surface area contributed by atoms with Crippen molar-refractivity contribution in [3.63, 3.8) is 0 Å². The minimum Gasteiger partial charge on any atom is -0.496 e. The highest BCUT2D eigenvalue weighted by Gasteiger charge is 2.18. The number of carbonyl (C=O) groups excluding carboxylic acids is 1. The first-order valence-corrected chi connectivity index (χ1v) is 7.13. The van der Waals surface area contributed by atoms with Crippen molar-refractivity contribution in [1.29, 1.82) is 0 Å². The Bertz CT molecular complexity index is 703. The summed E-state index contributed by atoms with van der Waals surface area (Å²) in [5, 5.41) is 2.55. The Balaban J connectivity index is 0.00000127. The highest BCUT2D eigenvalue weighted by atomic mass is 16.5. The zero-order chi connectivity index (χ0) is 17.4. The summed E-state index contributed by atoms with van der Waals surface area (Å²) in [6.45, 7) is 4.00. The molecule has 0 saturated carbocycles. The fraction of sp³-hybridized carbons (Fsp3) is 0.312. The van der Waals surface area contributed by atoms with Gasteiger partial charge in [-0.1, -0.05) is 19.9 Å². The molecule has 0 radical (unpaired) electrons. The molecule has 124 valence electrons. The van der Waals surface area contributed by atoms with Gasteiger partial charge in [0.2, 0.25) is 0 Å². The highest BCUT2D eigenvalue weighted by Crippen LogP contribution is 2.28. The highest BCUT2D eigenvalue weighted by molar-refractivity contribution is 6.07. The van der Waals surface area contributed by atoms with Crippen molar-refractivity contribution in [2.24, 2.45) is 7.05 Å². The van der Waals surface area contributed by atoms with E-state index in [0.717, 1.165) is 0 Å². The topological polar surface area (TPSA) is 82.5 Å². The second-order valence-corrected chi connectivity index (χ2v) is 4.20. The number of benzene rings is 1. The van der Waals surface area contributed by atoms with E-state index in [4.69, 9.17) is 9.47 Å². The van der Waals surface area contributed by atoms with Crippen molar-refractivity contribution in [1.82, 2.24) is 9.55 Å². The molecule has 0 aliphatic carbocycles. The molecule has 23 heavy (non-hydrogen) atoms. The van der Waals surface area contributed by atoms with Gasteiger partial charge in [-0.15, -0.1) is 0 Å². The van der Waals surface area contributed by atoms with Crippen LogP contribution in [0.15, 0.2) is 35.3 Å². The summed E-state index contributed by atoms with van der Waals surface area (Å²) in [5.41, 5.74) is -0.218. The first-order valence-electron chi connectivity index (χ1n) is 7.13. The molecule has 0 spiro atoms. The third-order valence-corrected chi connectivity index (χ3v) is 2.87. The van der Waals surface area contributed by atoms with E-state index in [-0.39, 0.29) is 11.4 Å². The number of rotatable bonds is 4. The molecule has 2 aromatic rings. The number of hydrogen-bond donors (Lipinski definition) is 1. The number of methoxy groups -OCH3 is 2. The largest absolute Gasteiger partial charge is 0.496 e. The fourth-order valence-electron chi connectivity index (χ4n) is 1.79. The Morgan fingerprint density at radius 1 is 1.13 bits per heavy atom. The minimum absolute atomic E-state index is 0.163. The van der Waals surface area contributed by atoms with Crippen LogP contribution in [0.25, 0.3) is 0 Å². The molecule has 0 aliphatic rings. The number of nitrogens with one attached hydrogen (secondary N) is 1. The number of aryl methyl sites for hydroxylation is 1. The Kier molecular flexibility index (Phi) is 6.79. The number of amides is 1. The lowest BCUT2D eigenvalue weighted by Gasteiger charge is -2.12. The summed E-state index contributed by atoms with van der Waals surface area (Å²) in [6, 6.07) is 6.54. The van der Waals surface area contributed by atoms with Crippen LogP contribution in [-0.4, -0.2) is 29.7 Å². The number of carbonyl (C=O) groups is 1. The first-order chi connectivity index (χ1) is 11.1. The molecule has 7 nitrogen and oxygen atoms in total. The van der Waals surface area contributed by atoms with Gasteiger partial charge in [-0.3, -0.25) is 4.79 Å². The smallest absolute Gasteiger partial charge is 0.349 e. The fourth-order valence-corrected chi connectivity index (χ4v) is 1.79. The molecule has 0 fully saturated rings. The van der Waals surface area contributed by atoms with Gasteiger partial charge in [0.05, 0.1) is 14.2 Å². The maximum atomic E-state index is 12.3. The molecule has 1 aromatic heterocycles. The average molecular weight is 319 g/mol. The Labute approximate surface area is 134 Å². The minimum atomic E-state index is -0.468. The van der Waals surface area contributed by atoms with E-state index in [2.05, 4.69) is 10.3 Å². The standard InChI is InChI=1S/C14H15N3O4.C2H6/c1-17-8-7-11(16-14(17)19)15-13(18)12-9(20-2)5-4-6-10(12)21-3;1-2/h4-8H,1-3H3,(H,15,16,18,19);1-2H3. The van der Waals surface area contributed by atoms with Gasteiger partial charge in [-0.25, -0.2) is 4.79 Å². The molecule has 7 heteroatoms. The molecule has 0 unspecified atom stereocenters. The third-order valence-electron chi connectivity index (χ3n) is 2.87.